The number of carboxylic acids is 1. The highest BCUT2D eigenvalue weighted by Gasteiger charge is 2.43. The number of amides is 1. The lowest BCUT2D eigenvalue weighted by atomic mass is 10.0. The Bertz CT molecular complexity index is 939. The highest BCUT2D eigenvalue weighted by molar-refractivity contribution is 5.89. The predicted molar refractivity (Wildman–Crippen MR) is 119 cm³/mol. The summed E-state index contributed by atoms with van der Waals surface area (Å²) in [4.78, 5) is 29.3. The Kier molecular flexibility index (Phi) is 6.73. The Morgan fingerprint density at radius 3 is 2.42 bits per heavy atom. The number of ether oxygens (including phenoxy) is 2. The first-order valence-corrected chi connectivity index (χ1v) is 10.5. The van der Waals surface area contributed by atoms with Gasteiger partial charge in [-0.1, -0.05) is 38.1 Å². The van der Waals surface area contributed by atoms with Crippen molar-refractivity contribution in [2.45, 2.75) is 39.5 Å². The van der Waals surface area contributed by atoms with Crippen LogP contribution < -0.4 is 14.4 Å². The lowest BCUT2D eigenvalue weighted by Gasteiger charge is -2.30. The third-order valence-corrected chi connectivity index (χ3v) is 5.33. The summed E-state index contributed by atoms with van der Waals surface area (Å²) in [5, 5.41) is 10.1. The third-order valence-electron chi connectivity index (χ3n) is 5.33. The van der Waals surface area contributed by atoms with Gasteiger partial charge in [0.1, 0.15) is 0 Å². The highest BCUT2D eigenvalue weighted by atomic mass is 16.5. The van der Waals surface area contributed by atoms with Crippen LogP contribution in [0.5, 0.6) is 11.5 Å². The number of para-hydroxylation sites is 1. The number of rotatable bonds is 7. The molecule has 2 unspecified atom stereocenters. The molecule has 0 saturated heterocycles. The maximum absolute atomic E-state index is 13.5. The van der Waals surface area contributed by atoms with E-state index in [-0.39, 0.29) is 18.4 Å². The van der Waals surface area contributed by atoms with E-state index in [2.05, 4.69) is 0 Å². The number of carbonyl (C=O) groups is 2. The number of benzene rings is 2. The van der Waals surface area contributed by atoms with Crippen LogP contribution in [0, 0.1) is 5.92 Å². The lowest BCUT2D eigenvalue weighted by molar-refractivity contribution is -0.154. The zero-order valence-corrected chi connectivity index (χ0v) is 18.7. The number of carboxylic acid groups (broad SMARTS) is 1. The molecule has 0 fully saturated rings. The Morgan fingerprint density at radius 2 is 1.87 bits per heavy atom. The summed E-state index contributed by atoms with van der Waals surface area (Å²) in [6.45, 7) is 6.18. The second kappa shape index (κ2) is 9.29. The van der Waals surface area contributed by atoms with Crippen LogP contribution in [0.3, 0.4) is 0 Å². The molecule has 0 aromatic heterocycles. The fraction of sp³-hybridized carbons (Fsp3) is 0.417. The van der Waals surface area contributed by atoms with Crippen molar-refractivity contribution in [2.24, 2.45) is 5.92 Å². The molecule has 31 heavy (non-hydrogen) atoms. The molecule has 1 N–H and O–H groups in total. The first-order valence-electron chi connectivity index (χ1n) is 10.5. The summed E-state index contributed by atoms with van der Waals surface area (Å²) in [6.07, 6.45) is -0.814. The predicted octanol–water partition coefficient (Wildman–Crippen LogP) is 3.72. The number of fused-ring (bicyclic) bond motifs is 1. The van der Waals surface area contributed by atoms with Crippen LogP contribution in [0.15, 0.2) is 42.5 Å². The summed E-state index contributed by atoms with van der Waals surface area (Å²) in [7, 11) is 3.90. The molecule has 166 valence electrons. The van der Waals surface area contributed by atoms with E-state index in [4.69, 9.17) is 9.47 Å². The van der Waals surface area contributed by atoms with Gasteiger partial charge in [0.25, 0.3) is 5.91 Å². The zero-order chi connectivity index (χ0) is 22.7. The molecule has 0 bridgehead atoms. The van der Waals surface area contributed by atoms with Gasteiger partial charge in [0.05, 0.1) is 6.61 Å². The van der Waals surface area contributed by atoms with Crippen molar-refractivity contribution in [1.82, 2.24) is 4.90 Å². The Hall–Kier alpha value is -3.22. The van der Waals surface area contributed by atoms with Gasteiger partial charge in [-0.05, 0) is 36.6 Å². The van der Waals surface area contributed by atoms with Crippen molar-refractivity contribution in [3.05, 3.63) is 53.6 Å². The molecule has 2 atom stereocenters. The van der Waals surface area contributed by atoms with Crippen molar-refractivity contribution in [3.63, 3.8) is 0 Å². The van der Waals surface area contributed by atoms with E-state index in [0.29, 0.717) is 23.7 Å². The molecule has 1 heterocycles. The molecule has 7 heteroatoms. The Balaban J connectivity index is 2.10. The second-order valence-electron chi connectivity index (χ2n) is 8.16. The summed E-state index contributed by atoms with van der Waals surface area (Å²) in [5.74, 6) is -0.837. The van der Waals surface area contributed by atoms with Gasteiger partial charge in [-0.2, -0.15) is 0 Å². The maximum Gasteiger partial charge on any atom is 0.331 e. The van der Waals surface area contributed by atoms with Crippen molar-refractivity contribution < 1.29 is 24.2 Å². The number of hydrogen-bond acceptors (Lipinski definition) is 5. The number of aliphatic carboxylic acids is 1. The standard InChI is InChI=1S/C24H30N2O5/c1-6-30-19-9-7-8-18-20(24(28)29)26(23(27)21(15(2)3)31-22(18)19)14-16-10-12-17(13-11-16)25(4)5/h7-13,15,20-21H,6,14H2,1-5H3,(H,28,29). The molecule has 1 aliphatic rings. The third kappa shape index (κ3) is 4.60. The molecular weight excluding hydrogens is 396 g/mol. The van der Waals surface area contributed by atoms with Crippen LogP contribution in [0.4, 0.5) is 5.69 Å². The fourth-order valence-electron chi connectivity index (χ4n) is 3.73. The molecule has 0 saturated carbocycles. The van der Waals surface area contributed by atoms with E-state index in [1.54, 1.807) is 18.2 Å². The molecule has 0 radical (unpaired) electrons. The van der Waals surface area contributed by atoms with Gasteiger partial charge in [-0.3, -0.25) is 4.79 Å². The van der Waals surface area contributed by atoms with Crippen LogP contribution in [0.1, 0.15) is 37.9 Å². The molecule has 1 aliphatic heterocycles. The molecular formula is C24H30N2O5. The largest absolute Gasteiger partial charge is 0.490 e. The summed E-state index contributed by atoms with van der Waals surface area (Å²) in [6, 6.07) is 11.7. The Labute approximate surface area is 183 Å². The zero-order valence-electron chi connectivity index (χ0n) is 18.7. The molecule has 0 spiro atoms. The van der Waals surface area contributed by atoms with E-state index >= 15 is 0 Å². The fourth-order valence-corrected chi connectivity index (χ4v) is 3.73. The number of anilines is 1. The topological polar surface area (TPSA) is 79.3 Å². The minimum atomic E-state index is -1.18. The van der Waals surface area contributed by atoms with Gasteiger partial charge in [0.15, 0.2) is 23.6 Å². The number of hydrogen-bond donors (Lipinski definition) is 1. The minimum absolute atomic E-state index is 0.152. The van der Waals surface area contributed by atoms with Gasteiger partial charge in [0, 0.05) is 31.9 Å². The SMILES string of the molecule is CCOc1cccc2c1OC(C(C)C)C(=O)N(Cc1ccc(N(C)C)cc1)C2C(=O)O. The molecule has 7 nitrogen and oxygen atoms in total. The van der Waals surface area contributed by atoms with Gasteiger partial charge in [-0.25, -0.2) is 4.79 Å². The summed E-state index contributed by atoms with van der Waals surface area (Å²) in [5.41, 5.74) is 2.29. The molecule has 1 amide bonds. The maximum atomic E-state index is 13.5. The van der Waals surface area contributed by atoms with E-state index in [1.165, 1.54) is 4.90 Å². The van der Waals surface area contributed by atoms with Crippen molar-refractivity contribution in [2.75, 3.05) is 25.6 Å². The summed E-state index contributed by atoms with van der Waals surface area (Å²) < 4.78 is 11.8. The Morgan fingerprint density at radius 1 is 1.19 bits per heavy atom. The second-order valence-corrected chi connectivity index (χ2v) is 8.16. The van der Waals surface area contributed by atoms with Crippen molar-refractivity contribution >= 4 is 17.6 Å². The van der Waals surface area contributed by atoms with E-state index in [1.807, 2.05) is 64.0 Å². The van der Waals surface area contributed by atoms with Gasteiger partial charge in [-0.15, -0.1) is 0 Å². The smallest absolute Gasteiger partial charge is 0.331 e. The van der Waals surface area contributed by atoms with Crippen LogP contribution in [0.2, 0.25) is 0 Å². The first-order chi connectivity index (χ1) is 14.7. The molecule has 0 aliphatic carbocycles. The van der Waals surface area contributed by atoms with Crippen LogP contribution in [-0.2, 0) is 16.1 Å². The van der Waals surface area contributed by atoms with Gasteiger partial charge >= 0.3 is 5.97 Å². The highest BCUT2D eigenvalue weighted by Crippen LogP contribution is 2.42. The number of nitrogens with zero attached hydrogens (tertiary/aromatic N) is 2. The van der Waals surface area contributed by atoms with Crippen molar-refractivity contribution in [1.29, 1.82) is 0 Å². The average Bonchev–Trinajstić information content (AvgIpc) is 2.84. The number of carbonyl (C=O) groups excluding carboxylic acids is 1. The normalized spacial score (nSPS) is 18.3. The van der Waals surface area contributed by atoms with Crippen LogP contribution in [0.25, 0.3) is 0 Å². The van der Waals surface area contributed by atoms with E-state index < -0.39 is 18.1 Å². The quantitative estimate of drug-likeness (QED) is 0.727. The average molecular weight is 427 g/mol. The minimum Gasteiger partial charge on any atom is -0.490 e. The molecule has 3 rings (SSSR count). The molecule has 2 aromatic rings. The van der Waals surface area contributed by atoms with Crippen LogP contribution >= 0.6 is 0 Å². The van der Waals surface area contributed by atoms with E-state index in [0.717, 1.165) is 11.3 Å². The van der Waals surface area contributed by atoms with E-state index in [9.17, 15) is 14.7 Å². The summed E-state index contributed by atoms with van der Waals surface area (Å²) >= 11 is 0. The first kappa shape index (κ1) is 22.5. The lowest BCUT2D eigenvalue weighted by Crippen LogP contribution is -2.45. The monoisotopic (exact) mass is 426 g/mol. The van der Waals surface area contributed by atoms with Crippen molar-refractivity contribution in [3.8, 4) is 11.5 Å². The molecule has 2 aromatic carbocycles. The van der Waals surface area contributed by atoms with Gasteiger partial charge in [0.2, 0.25) is 0 Å². The van der Waals surface area contributed by atoms with Gasteiger partial charge < -0.3 is 24.4 Å². The van der Waals surface area contributed by atoms with Crippen LogP contribution in [-0.4, -0.2) is 48.7 Å².